The highest BCUT2D eigenvalue weighted by atomic mass is 35.5. The Balaban J connectivity index is 2.29. The predicted molar refractivity (Wildman–Crippen MR) is 70.9 cm³/mol. The third kappa shape index (κ3) is 2.60. The van der Waals surface area contributed by atoms with Crippen molar-refractivity contribution in [3.63, 3.8) is 0 Å². The summed E-state index contributed by atoms with van der Waals surface area (Å²) in [5, 5.41) is 30.8. The van der Waals surface area contributed by atoms with E-state index in [1.165, 1.54) is 19.1 Å². The summed E-state index contributed by atoms with van der Waals surface area (Å²) in [6.07, 6.45) is -4.59. The molecule has 5 N–H and O–H groups in total. The standard InChI is InChI=1S/C12H15Cl2NO4/c1-12(18)9(17)11(15)19-10(12)8(16)5-2-3-6(13)7(14)4-5/h2-4,8-11,16-18H,15H2,1H3/t8-,9-,10+,11+,12-/m0/s1. The van der Waals surface area contributed by atoms with Crippen LogP contribution in [0.25, 0.3) is 0 Å². The fraction of sp³-hybridized carbons (Fsp3) is 0.500. The molecule has 5 nitrogen and oxygen atoms in total. The van der Waals surface area contributed by atoms with Crippen molar-refractivity contribution < 1.29 is 20.1 Å². The van der Waals surface area contributed by atoms with Crippen molar-refractivity contribution in [1.29, 1.82) is 0 Å². The quantitative estimate of drug-likeness (QED) is 0.649. The van der Waals surface area contributed by atoms with Crippen LogP contribution >= 0.6 is 23.2 Å². The number of hydrogen-bond donors (Lipinski definition) is 4. The van der Waals surface area contributed by atoms with Gasteiger partial charge in [0.2, 0.25) is 0 Å². The first kappa shape index (κ1) is 15.0. The van der Waals surface area contributed by atoms with E-state index < -0.39 is 30.1 Å². The van der Waals surface area contributed by atoms with E-state index in [0.717, 1.165) is 0 Å². The van der Waals surface area contributed by atoms with Gasteiger partial charge < -0.3 is 25.8 Å². The Kier molecular flexibility index (Phi) is 4.09. The highest BCUT2D eigenvalue weighted by Gasteiger charge is 2.53. The molecule has 2 rings (SSSR count). The number of nitrogens with two attached hydrogens (primary N) is 1. The second kappa shape index (κ2) is 5.18. The topological polar surface area (TPSA) is 95.9 Å². The number of ether oxygens (including phenoxy) is 1. The van der Waals surface area contributed by atoms with Crippen LogP contribution in [-0.4, -0.2) is 39.4 Å². The zero-order valence-electron chi connectivity index (χ0n) is 10.1. The third-order valence-electron chi connectivity index (χ3n) is 3.36. The molecule has 1 heterocycles. The van der Waals surface area contributed by atoms with Crippen molar-refractivity contribution in [1.82, 2.24) is 0 Å². The lowest BCUT2D eigenvalue weighted by molar-refractivity contribution is -0.111. The maximum Gasteiger partial charge on any atom is 0.135 e. The van der Waals surface area contributed by atoms with Crippen molar-refractivity contribution in [3.8, 4) is 0 Å². The Morgan fingerprint density at radius 2 is 2.00 bits per heavy atom. The summed E-state index contributed by atoms with van der Waals surface area (Å²) in [5.74, 6) is 0. The maximum absolute atomic E-state index is 10.3. The number of hydrogen-bond acceptors (Lipinski definition) is 5. The number of aliphatic hydroxyl groups excluding tert-OH is 2. The maximum atomic E-state index is 10.3. The molecule has 1 aliphatic rings. The molecular formula is C12H15Cl2NO4. The Hall–Kier alpha value is -0.400. The minimum Gasteiger partial charge on any atom is -0.386 e. The molecule has 1 aliphatic heterocycles. The predicted octanol–water partition coefficient (Wildman–Crippen LogP) is 0.822. The molecule has 1 aromatic carbocycles. The van der Waals surface area contributed by atoms with Crippen LogP contribution in [0.15, 0.2) is 18.2 Å². The number of halogens is 2. The van der Waals surface area contributed by atoms with E-state index in [9.17, 15) is 15.3 Å². The largest absolute Gasteiger partial charge is 0.386 e. The Morgan fingerprint density at radius 3 is 2.47 bits per heavy atom. The lowest BCUT2D eigenvalue weighted by atomic mass is 9.88. The lowest BCUT2D eigenvalue weighted by Gasteiger charge is -2.29. The van der Waals surface area contributed by atoms with Crippen molar-refractivity contribution in [3.05, 3.63) is 33.8 Å². The van der Waals surface area contributed by atoms with Gasteiger partial charge in [0.25, 0.3) is 0 Å². The fourth-order valence-corrected chi connectivity index (χ4v) is 2.45. The molecule has 0 aromatic heterocycles. The molecule has 0 unspecified atom stereocenters. The normalized spacial score (nSPS) is 36.5. The Labute approximate surface area is 120 Å². The van der Waals surface area contributed by atoms with Gasteiger partial charge in [-0.15, -0.1) is 0 Å². The molecule has 0 amide bonds. The molecule has 1 aromatic rings. The Bertz CT molecular complexity index is 483. The van der Waals surface area contributed by atoms with Crippen LogP contribution in [0.1, 0.15) is 18.6 Å². The average Bonchev–Trinajstić information content (AvgIpc) is 2.55. The molecule has 1 saturated heterocycles. The summed E-state index contributed by atoms with van der Waals surface area (Å²) in [4.78, 5) is 0. The number of rotatable bonds is 2. The summed E-state index contributed by atoms with van der Waals surface area (Å²) in [6, 6.07) is 4.57. The van der Waals surface area contributed by atoms with Gasteiger partial charge in [0.15, 0.2) is 0 Å². The van der Waals surface area contributed by atoms with E-state index in [1.807, 2.05) is 0 Å². The van der Waals surface area contributed by atoms with Gasteiger partial charge in [0.1, 0.15) is 30.1 Å². The minimum absolute atomic E-state index is 0.278. The summed E-state index contributed by atoms with van der Waals surface area (Å²) < 4.78 is 5.23. The van der Waals surface area contributed by atoms with Gasteiger partial charge in [-0.2, -0.15) is 0 Å². The zero-order chi connectivity index (χ0) is 14.4. The van der Waals surface area contributed by atoms with E-state index >= 15 is 0 Å². The van der Waals surface area contributed by atoms with Gasteiger partial charge in [-0.3, -0.25) is 0 Å². The van der Waals surface area contributed by atoms with Crippen LogP contribution in [0, 0.1) is 0 Å². The van der Waals surface area contributed by atoms with Gasteiger partial charge in [-0.25, -0.2) is 0 Å². The van der Waals surface area contributed by atoms with Crippen molar-refractivity contribution in [2.24, 2.45) is 5.73 Å². The second-order valence-corrected chi connectivity index (χ2v) is 5.62. The summed E-state index contributed by atoms with van der Waals surface area (Å²) in [7, 11) is 0. The Morgan fingerprint density at radius 1 is 1.37 bits per heavy atom. The molecule has 19 heavy (non-hydrogen) atoms. The third-order valence-corrected chi connectivity index (χ3v) is 4.10. The van der Waals surface area contributed by atoms with E-state index in [0.29, 0.717) is 10.6 Å². The van der Waals surface area contributed by atoms with E-state index in [4.69, 9.17) is 33.7 Å². The van der Waals surface area contributed by atoms with E-state index in [-0.39, 0.29) is 5.02 Å². The summed E-state index contributed by atoms with van der Waals surface area (Å²) >= 11 is 11.7. The van der Waals surface area contributed by atoms with Gasteiger partial charge in [-0.05, 0) is 24.6 Å². The van der Waals surface area contributed by atoms with Gasteiger partial charge in [0.05, 0.1) is 10.0 Å². The van der Waals surface area contributed by atoms with Crippen LogP contribution in [-0.2, 0) is 4.74 Å². The number of benzene rings is 1. The molecule has 0 aliphatic carbocycles. The smallest absolute Gasteiger partial charge is 0.135 e. The summed E-state index contributed by atoms with van der Waals surface area (Å²) in [5.41, 5.74) is 4.28. The van der Waals surface area contributed by atoms with Gasteiger partial charge >= 0.3 is 0 Å². The SMILES string of the molecule is C[C@@]1(O)[C@@H]([C@@H](O)c2ccc(Cl)c(Cl)c2)O[C@@H](N)[C@@H]1O. The monoisotopic (exact) mass is 307 g/mol. The summed E-state index contributed by atoms with van der Waals surface area (Å²) in [6.45, 7) is 1.36. The minimum atomic E-state index is -1.66. The highest BCUT2D eigenvalue weighted by Crippen LogP contribution is 2.37. The fourth-order valence-electron chi connectivity index (χ4n) is 2.15. The molecule has 0 bridgehead atoms. The molecule has 0 radical (unpaired) electrons. The molecule has 1 fully saturated rings. The van der Waals surface area contributed by atoms with E-state index in [1.54, 1.807) is 6.07 Å². The zero-order valence-corrected chi connectivity index (χ0v) is 11.6. The molecule has 5 atom stereocenters. The molecule has 0 saturated carbocycles. The van der Waals surface area contributed by atoms with Crippen molar-refractivity contribution >= 4 is 23.2 Å². The van der Waals surface area contributed by atoms with Crippen LogP contribution < -0.4 is 5.73 Å². The van der Waals surface area contributed by atoms with Crippen LogP contribution in [0.5, 0.6) is 0 Å². The van der Waals surface area contributed by atoms with Crippen LogP contribution in [0.2, 0.25) is 10.0 Å². The van der Waals surface area contributed by atoms with Crippen molar-refractivity contribution in [2.45, 2.75) is 37.1 Å². The first-order valence-corrected chi connectivity index (χ1v) is 6.45. The van der Waals surface area contributed by atoms with Gasteiger partial charge in [-0.1, -0.05) is 29.3 Å². The van der Waals surface area contributed by atoms with Gasteiger partial charge in [0, 0.05) is 0 Å². The first-order chi connectivity index (χ1) is 8.75. The van der Waals surface area contributed by atoms with E-state index in [2.05, 4.69) is 0 Å². The molecular weight excluding hydrogens is 293 g/mol. The molecule has 106 valence electrons. The second-order valence-electron chi connectivity index (χ2n) is 4.81. The highest BCUT2D eigenvalue weighted by molar-refractivity contribution is 6.42. The molecule has 7 heteroatoms. The van der Waals surface area contributed by atoms with Crippen molar-refractivity contribution in [2.75, 3.05) is 0 Å². The molecule has 0 spiro atoms. The van der Waals surface area contributed by atoms with Crippen LogP contribution in [0.4, 0.5) is 0 Å². The first-order valence-electron chi connectivity index (χ1n) is 5.69. The lowest BCUT2D eigenvalue weighted by Crippen LogP contribution is -2.48. The average molecular weight is 308 g/mol. The number of aliphatic hydroxyl groups is 3. The van der Waals surface area contributed by atoms with Crippen LogP contribution in [0.3, 0.4) is 0 Å².